The highest BCUT2D eigenvalue weighted by Crippen LogP contribution is 2.34. The van der Waals surface area contributed by atoms with Gasteiger partial charge in [0.25, 0.3) is 0 Å². The van der Waals surface area contributed by atoms with Crippen LogP contribution >= 0.6 is 0 Å². The molecule has 1 aliphatic heterocycles. The Morgan fingerprint density at radius 2 is 2.11 bits per heavy atom. The molecule has 1 aliphatic rings. The molecule has 1 heterocycles. The number of aliphatic hydroxyl groups is 1. The van der Waals surface area contributed by atoms with Gasteiger partial charge >= 0.3 is 0 Å². The van der Waals surface area contributed by atoms with Crippen LogP contribution in [-0.4, -0.2) is 31.5 Å². The van der Waals surface area contributed by atoms with Gasteiger partial charge in [-0.2, -0.15) is 0 Å². The highest BCUT2D eigenvalue weighted by atomic mass is 16.5. The van der Waals surface area contributed by atoms with E-state index in [4.69, 9.17) is 9.47 Å². The molecule has 0 aromatic heterocycles. The lowest BCUT2D eigenvalue weighted by Gasteiger charge is -2.23. The minimum Gasteiger partial charge on any atom is -0.388 e. The number of benzene rings is 1. The fourth-order valence-corrected chi connectivity index (χ4v) is 2.80. The maximum atomic E-state index is 10.5. The zero-order chi connectivity index (χ0) is 13.7. The van der Waals surface area contributed by atoms with E-state index in [1.54, 1.807) is 7.11 Å². The zero-order valence-corrected chi connectivity index (χ0v) is 11.8. The van der Waals surface area contributed by atoms with Gasteiger partial charge in [-0.05, 0) is 30.4 Å². The quantitative estimate of drug-likeness (QED) is 0.858. The molecule has 3 nitrogen and oxygen atoms in total. The minimum atomic E-state index is -0.413. The first-order chi connectivity index (χ1) is 9.26. The lowest BCUT2D eigenvalue weighted by Crippen LogP contribution is -2.22. The highest BCUT2D eigenvalue weighted by molar-refractivity contribution is 5.25. The van der Waals surface area contributed by atoms with Gasteiger partial charge in [-0.1, -0.05) is 31.2 Å². The van der Waals surface area contributed by atoms with E-state index >= 15 is 0 Å². The average molecular weight is 264 g/mol. The maximum absolute atomic E-state index is 10.5. The van der Waals surface area contributed by atoms with E-state index in [1.807, 2.05) is 12.1 Å². The molecule has 0 amide bonds. The summed E-state index contributed by atoms with van der Waals surface area (Å²) in [5.41, 5.74) is 2.24. The van der Waals surface area contributed by atoms with Gasteiger partial charge in [0.05, 0.1) is 18.8 Å². The zero-order valence-electron chi connectivity index (χ0n) is 11.8. The van der Waals surface area contributed by atoms with Crippen molar-refractivity contribution in [2.45, 2.75) is 38.4 Å². The molecule has 0 saturated carbocycles. The monoisotopic (exact) mass is 264 g/mol. The molecule has 3 unspecified atom stereocenters. The molecular formula is C16H24O3. The Morgan fingerprint density at radius 3 is 2.74 bits per heavy atom. The second-order valence-corrected chi connectivity index (χ2v) is 5.20. The summed E-state index contributed by atoms with van der Waals surface area (Å²) in [6, 6.07) is 8.21. The molecule has 1 N–H and O–H groups in total. The second kappa shape index (κ2) is 7.04. The fourth-order valence-electron chi connectivity index (χ4n) is 2.80. The van der Waals surface area contributed by atoms with Crippen LogP contribution in [0.3, 0.4) is 0 Å². The van der Waals surface area contributed by atoms with Gasteiger partial charge in [-0.3, -0.25) is 0 Å². The van der Waals surface area contributed by atoms with Crippen molar-refractivity contribution < 1.29 is 14.6 Å². The van der Waals surface area contributed by atoms with Crippen LogP contribution in [0.15, 0.2) is 24.3 Å². The van der Waals surface area contributed by atoms with Gasteiger partial charge in [-0.25, -0.2) is 0 Å². The summed E-state index contributed by atoms with van der Waals surface area (Å²) in [7, 11) is 1.71. The number of hydrogen-bond acceptors (Lipinski definition) is 3. The first kappa shape index (κ1) is 14.5. The molecule has 2 rings (SSSR count). The largest absolute Gasteiger partial charge is 0.388 e. The van der Waals surface area contributed by atoms with Crippen molar-refractivity contribution in [3.05, 3.63) is 35.4 Å². The number of hydrogen-bond donors (Lipinski definition) is 1. The SMILES string of the molecule is CCC1OCCC1C(O)c1ccc(CCOC)cc1. The number of methoxy groups -OCH3 is 1. The molecule has 1 aromatic rings. The fraction of sp³-hybridized carbons (Fsp3) is 0.625. The van der Waals surface area contributed by atoms with E-state index in [9.17, 15) is 5.11 Å². The number of rotatable bonds is 6. The molecular weight excluding hydrogens is 240 g/mol. The van der Waals surface area contributed by atoms with Crippen LogP contribution in [0.4, 0.5) is 0 Å². The van der Waals surface area contributed by atoms with Crippen molar-refractivity contribution in [2.24, 2.45) is 5.92 Å². The third kappa shape index (κ3) is 3.56. The Labute approximate surface area is 115 Å². The Kier molecular flexibility index (Phi) is 5.37. The van der Waals surface area contributed by atoms with Crippen LogP contribution in [0.25, 0.3) is 0 Å². The van der Waals surface area contributed by atoms with Crippen molar-refractivity contribution in [2.75, 3.05) is 20.3 Å². The van der Waals surface area contributed by atoms with Crippen LogP contribution in [0.1, 0.15) is 37.0 Å². The summed E-state index contributed by atoms with van der Waals surface area (Å²) in [6.45, 7) is 3.62. The summed E-state index contributed by atoms with van der Waals surface area (Å²) >= 11 is 0. The molecule has 3 atom stereocenters. The van der Waals surface area contributed by atoms with E-state index in [0.717, 1.165) is 38.0 Å². The molecule has 0 bridgehead atoms. The molecule has 3 heteroatoms. The summed E-state index contributed by atoms with van der Waals surface area (Å²) in [5, 5.41) is 10.5. The van der Waals surface area contributed by atoms with Crippen molar-refractivity contribution in [1.29, 1.82) is 0 Å². The molecule has 106 valence electrons. The van der Waals surface area contributed by atoms with Gasteiger partial charge in [0.2, 0.25) is 0 Å². The predicted molar refractivity (Wildman–Crippen MR) is 75.1 cm³/mol. The van der Waals surface area contributed by atoms with Gasteiger partial charge in [0.1, 0.15) is 0 Å². The molecule has 1 saturated heterocycles. The van der Waals surface area contributed by atoms with E-state index in [0.29, 0.717) is 0 Å². The minimum absolute atomic E-state index is 0.197. The molecule has 0 spiro atoms. The van der Waals surface area contributed by atoms with Crippen molar-refractivity contribution in [3.8, 4) is 0 Å². The smallest absolute Gasteiger partial charge is 0.0843 e. The Balaban J connectivity index is 2.00. The Hall–Kier alpha value is -0.900. The Morgan fingerprint density at radius 1 is 1.37 bits per heavy atom. The van der Waals surface area contributed by atoms with Gasteiger partial charge in [0, 0.05) is 19.6 Å². The normalized spacial score (nSPS) is 24.6. The van der Waals surface area contributed by atoms with Gasteiger partial charge in [0.15, 0.2) is 0 Å². The van der Waals surface area contributed by atoms with Crippen molar-refractivity contribution >= 4 is 0 Å². The van der Waals surface area contributed by atoms with E-state index < -0.39 is 6.10 Å². The lowest BCUT2D eigenvalue weighted by atomic mass is 9.88. The number of aliphatic hydroxyl groups excluding tert-OH is 1. The topological polar surface area (TPSA) is 38.7 Å². The third-order valence-corrected chi connectivity index (χ3v) is 3.98. The molecule has 19 heavy (non-hydrogen) atoms. The highest BCUT2D eigenvalue weighted by Gasteiger charge is 2.33. The predicted octanol–water partition coefficient (Wildman–Crippen LogP) is 2.72. The van der Waals surface area contributed by atoms with Gasteiger partial charge < -0.3 is 14.6 Å². The number of ether oxygens (including phenoxy) is 2. The first-order valence-corrected chi connectivity index (χ1v) is 7.13. The van der Waals surface area contributed by atoms with E-state index in [2.05, 4.69) is 19.1 Å². The van der Waals surface area contributed by atoms with Crippen molar-refractivity contribution in [1.82, 2.24) is 0 Å². The summed E-state index contributed by atoms with van der Waals surface area (Å²) in [4.78, 5) is 0. The molecule has 1 aromatic carbocycles. The summed E-state index contributed by atoms with van der Waals surface area (Å²) in [5.74, 6) is 0.231. The molecule has 1 fully saturated rings. The molecule has 0 aliphatic carbocycles. The van der Waals surface area contributed by atoms with Crippen LogP contribution < -0.4 is 0 Å². The summed E-state index contributed by atoms with van der Waals surface area (Å²) < 4.78 is 10.7. The van der Waals surface area contributed by atoms with Crippen LogP contribution in [0.2, 0.25) is 0 Å². The average Bonchev–Trinajstić information content (AvgIpc) is 2.93. The third-order valence-electron chi connectivity index (χ3n) is 3.98. The first-order valence-electron chi connectivity index (χ1n) is 7.13. The van der Waals surface area contributed by atoms with Crippen LogP contribution in [0, 0.1) is 5.92 Å². The summed E-state index contributed by atoms with van der Waals surface area (Å²) in [6.07, 6.45) is 2.61. The maximum Gasteiger partial charge on any atom is 0.0843 e. The second-order valence-electron chi connectivity index (χ2n) is 5.20. The van der Waals surface area contributed by atoms with E-state index in [-0.39, 0.29) is 12.0 Å². The lowest BCUT2D eigenvalue weighted by molar-refractivity contribution is 0.0307. The van der Waals surface area contributed by atoms with Crippen LogP contribution in [-0.2, 0) is 15.9 Å². The van der Waals surface area contributed by atoms with E-state index in [1.165, 1.54) is 5.56 Å². The standard InChI is InChI=1S/C16H24O3/c1-3-15-14(9-11-19-15)16(17)13-6-4-12(5-7-13)8-10-18-2/h4-7,14-17H,3,8-11H2,1-2H3. The molecule has 0 radical (unpaired) electrons. The van der Waals surface area contributed by atoms with Crippen molar-refractivity contribution in [3.63, 3.8) is 0 Å². The van der Waals surface area contributed by atoms with Gasteiger partial charge in [-0.15, -0.1) is 0 Å². The Bertz CT molecular complexity index is 374. The van der Waals surface area contributed by atoms with Crippen LogP contribution in [0.5, 0.6) is 0 Å².